The van der Waals surface area contributed by atoms with Crippen LogP contribution in [0.25, 0.3) is 0 Å². The summed E-state index contributed by atoms with van der Waals surface area (Å²) >= 11 is 0. The molecule has 0 aromatic heterocycles. The van der Waals surface area contributed by atoms with Gasteiger partial charge < -0.3 is 14.9 Å². The van der Waals surface area contributed by atoms with Crippen LogP contribution in [-0.2, 0) is 14.3 Å². The third kappa shape index (κ3) is 3.36. The molecule has 0 saturated heterocycles. The second kappa shape index (κ2) is 8.77. The van der Waals surface area contributed by atoms with E-state index in [1.165, 1.54) is 13.3 Å². The normalized spacial score (nSPS) is 50.8. The highest BCUT2D eigenvalue weighted by molar-refractivity contribution is 6.22. The first-order valence-electron chi connectivity index (χ1n) is 14.0. The van der Waals surface area contributed by atoms with Crippen molar-refractivity contribution in [3.05, 3.63) is 11.1 Å². The van der Waals surface area contributed by atoms with E-state index in [-0.39, 0.29) is 35.2 Å². The zero-order valence-electron chi connectivity index (χ0n) is 23.4. The van der Waals surface area contributed by atoms with Crippen molar-refractivity contribution in [1.82, 2.24) is 0 Å². The Morgan fingerprint density at radius 1 is 1.14 bits per heavy atom. The standard InChI is InChI=1S/C30H48O5/c1-10-21(32)35-27-28(7)14-16(3)22(19(6)31)26(34)30(28,9)18(5)24-25(33)23-15(2)12-11-13-20(23)17(4)29(24,27)8/h15,17-18,20-21,23-25,27,32-33H,10-14H2,1-9H3. The number of fused-ring (bicyclic) bond motifs is 3. The van der Waals surface area contributed by atoms with E-state index in [1.54, 1.807) is 0 Å². The van der Waals surface area contributed by atoms with Crippen LogP contribution in [0.1, 0.15) is 94.4 Å². The molecule has 0 aromatic carbocycles. The molecule has 0 aromatic rings. The van der Waals surface area contributed by atoms with Crippen molar-refractivity contribution in [2.75, 3.05) is 0 Å². The van der Waals surface area contributed by atoms with Gasteiger partial charge in [-0.05, 0) is 68.6 Å². The molecule has 3 fully saturated rings. The van der Waals surface area contributed by atoms with Gasteiger partial charge in [0.25, 0.3) is 0 Å². The third-order valence-electron chi connectivity index (χ3n) is 12.0. The lowest BCUT2D eigenvalue weighted by atomic mass is 9.33. The number of allylic oxidation sites excluding steroid dienone is 2. The number of ketones is 2. The smallest absolute Gasteiger partial charge is 0.173 e. The minimum absolute atomic E-state index is 0.107. The quantitative estimate of drug-likeness (QED) is 0.413. The molecule has 5 heteroatoms. The van der Waals surface area contributed by atoms with Crippen LogP contribution in [0, 0.1) is 51.8 Å². The molecule has 0 aliphatic heterocycles. The Bertz CT molecular complexity index is 924. The van der Waals surface area contributed by atoms with Gasteiger partial charge in [0.2, 0.25) is 0 Å². The maximum Gasteiger partial charge on any atom is 0.173 e. The number of hydrogen-bond donors (Lipinski definition) is 2. The lowest BCUT2D eigenvalue weighted by Gasteiger charge is -2.72. The number of aliphatic hydroxyl groups is 2. The second-order valence-corrected chi connectivity index (χ2v) is 13.3. The van der Waals surface area contributed by atoms with E-state index < -0.39 is 34.7 Å². The number of aliphatic hydroxyl groups excluding tert-OH is 2. The molecule has 198 valence electrons. The Morgan fingerprint density at radius 2 is 1.77 bits per heavy atom. The number of ether oxygens (including phenoxy) is 1. The summed E-state index contributed by atoms with van der Waals surface area (Å²) in [7, 11) is 0. The molecule has 12 unspecified atom stereocenters. The first kappa shape index (κ1) is 27.0. The molecule has 0 amide bonds. The van der Waals surface area contributed by atoms with Crippen molar-refractivity contribution in [2.24, 2.45) is 51.8 Å². The molecule has 5 nitrogen and oxygen atoms in total. The predicted octanol–water partition coefficient (Wildman–Crippen LogP) is 5.33. The number of Topliss-reactive ketones (excluding diaryl/α,β-unsaturated/α-hetero) is 2. The Kier molecular flexibility index (Phi) is 6.77. The van der Waals surface area contributed by atoms with Crippen LogP contribution in [0.2, 0.25) is 0 Å². The Labute approximate surface area is 212 Å². The van der Waals surface area contributed by atoms with E-state index in [0.29, 0.717) is 30.3 Å². The highest BCUT2D eigenvalue weighted by Crippen LogP contribution is 2.73. The summed E-state index contributed by atoms with van der Waals surface area (Å²) in [6, 6.07) is 0. The third-order valence-corrected chi connectivity index (χ3v) is 12.0. The van der Waals surface area contributed by atoms with Crippen LogP contribution in [0.5, 0.6) is 0 Å². The minimum atomic E-state index is -0.937. The zero-order valence-corrected chi connectivity index (χ0v) is 23.4. The summed E-state index contributed by atoms with van der Waals surface area (Å²) in [5.74, 6) is 0.707. The van der Waals surface area contributed by atoms with Gasteiger partial charge in [-0.25, -0.2) is 0 Å². The Hall–Kier alpha value is -1.04. The molecule has 4 rings (SSSR count). The molecule has 4 aliphatic rings. The van der Waals surface area contributed by atoms with E-state index >= 15 is 0 Å². The van der Waals surface area contributed by atoms with Gasteiger partial charge in [-0.2, -0.15) is 0 Å². The van der Waals surface area contributed by atoms with E-state index in [4.69, 9.17) is 4.74 Å². The summed E-state index contributed by atoms with van der Waals surface area (Å²) in [4.78, 5) is 26.9. The van der Waals surface area contributed by atoms with Crippen LogP contribution in [0.3, 0.4) is 0 Å². The summed E-state index contributed by atoms with van der Waals surface area (Å²) in [5, 5.41) is 23.0. The molecular formula is C30H48O5. The maximum absolute atomic E-state index is 14.3. The summed E-state index contributed by atoms with van der Waals surface area (Å²) in [5.41, 5.74) is -0.770. The van der Waals surface area contributed by atoms with Crippen LogP contribution >= 0.6 is 0 Å². The van der Waals surface area contributed by atoms with Crippen LogP contribution in [-0.4, -0.2) is 40.3 Å². The minimum Gasteiger partial charge on any atom is -0.392 e. The van der Waals surface area contributed by atoms with Gasteiger partial charge in [-0.3, -0.25) is 9.59 Å². The van der Waals surface area contributed by atoms with Gasteiger partial charge in [0.15, 0.2) is 17.9 Å². The average molecular weight is 489 g/mol. The van der Waals surface area contributed by atoms with E-state index in [0.717, 1.165) is 18.4 Å². The summed E-state index contributed by atoms with van der Waals surface area (Å²) in [6.07, 6.45) is 2.54. The SMILES string of the molecule is CCC(O)OC1C2(C)C(C)C3CCCC(C)C3C(O)C2C(C)C2(C)C(=O)C(C(C)=O)=C(C)CC12C. The van der Waals surface area contributed by atoms with Crippen LogP contribution < -0.4 is 0 Å². The van der Waals surface area contributed by atoms with Crippen LogP contribution in [0.4, 0.5) is 0 Å². The largest absolute Gasteiger partial charge is 0.392 e. The highest BCUT2D eigenvalue weighted by Gasteiger charge is 2.75. The van der Waals surface area contributed by atoms with Gasteiger partial charge in [-0.15, -0.1) is 0 Å². The predicted molar refractivity (Wildman–Crippen MR) is 136 cm³/mol. The van der Waals surface area contributed by atoms with E-state index in [2.05, 4.69) is 34.6 Å². The van der Waals surface area contributed by atoms with Gasteiger partial charge in [-0.1, -0.05) is 66.9 Å². The fourth-order valence-electron chi connectivity index (χ4n) is 9.96. The molecule has 12 atom stereocenters. The number of carbonyl (C=O) groups excluding carboxylic acids is 2. The summed E-state index contributed by atoms with van der Waals surface area (Å²) in [6.45, 7) is 18.5. The number of hydrogen-bond acceptors (Lipinski definition) is 5. The van der Waals surface area contributed by atoms with Gasteiger partial charge in [0.1, 0.15) is 0 Å². The molecule has 3 saturated carbocycles. The average Bonchev–Trinajstić information content (AvgIpc) is 2.77. The molecule has 4 aliphatic carbocycles. The molecular weight excluding hydrogens is 440 g/mol. The van der Waals surface area contributed by atoms with E-state index in [9.17, 15) is 19.8 Å². The zero-order chi connectivity index (χ0) is 26.2. The van der Waals surface area contributed by atoms with Gasteiger partial charge >= 0.3 is 0 Å². The van der Waals surface area contributed by atoms with Crippen molar-refractivity contribution < 1.29 is 24.5 Å². The van der Waals surface area contributed by atoms with Gasteiger partial charge in [0.05, 0.1) is 17.8 Å². The van der Waals surface area contributed by atoms with Crippen molar-refractivity contribution in [3.63, 3.8) is 0 Å². The second-order valence-electron chi connectivity index (χ2n) is 13.3. The highest BCUT2D eigenvalue weighted by atomic mass is 16.6. The van der Waals surface area contributed by atoms with Crippen LogP contribution in [0.15, 0.2) is 11.1 Å². The lowest BCUT2D eigenvalue weighted by Crippen LogP contribution is -2.75. The van der Waals surface area contributed by atoms with Crippen molar-refractivity contribution in [2.45, 2.75) is 113 Å². The first-order chi connectivity index (χ1) is 16.2. The fourth-order valence-corrected chi connectivity index (χ4v) is 9.96. The van der Waals surface area contributed by atoms with Gasteiger partial charge in [0, 0.05) is 16.2 Å². The first-order valence-corrected chi connectivity index (χ1v) is 14.0. The molecule has 0 bridgehead atoms. The Morgan fingerprint density at radius 3 is 2.34 bits per heavy atom. The molecule has 2 N–H and O–H groups in total. The summed E-state index contributed by atoms with van der Waals surface area (Å²) < 4.78 is 6.60. The van der Waals surface area contributed by atoms with Crippen molar-refractivity contribution in [1.29, 1.82) is 0 Å². The topological polar surface area (TPSA) is 83.8 Å². The maximum atomic E-state index is 14.3. The fraction of sp³-hybridized carbons (Fsp3) is 0.867. The number of rotatable bonds is 4. The monoisotopic (exact) mass is 488 g/mol. The molecule has 0 spiro atoms. The molecule has 35 heavy (non-hydrogen) atoms. The Balaban J connectivity index is 1.98. The molecule has 0 heterocycles. The van der Waals surface area contributed by atoms with Crippen molar-refractivity contribution >= 4 is 11.6 Å². The number of carbonyl (C=O) groups is 2. The van der Waals surface area contributed by atoms with Crippen molar-refractivity contribution in [3.8, 4) is 0 Å². The molecule has 0 radical (unpaired) electrons. The lowest BCUT2D eigenvalue weighted by molar-refractivity contribution is -0.320. The van der Waals surface area contributed by atoms with E-state index in [1.807, 2.05) is 20.8 Å².